The molecule has 0 aromatic heterocycles. The summed E-state index contributed by atoms with van der Waals surface area (Å²) < 4.78 is 86.1. The van der Waals surface area contributed by atoms with Gasteiger partial charge in [0.15, 0.2) is 0 Å². The maximum Gasteiger partial charge on any atom is 0.573 e. The van der Waals surface area contributed by atoms with Crippen LogP contribution < -0.4 is 4.74 Å². The molecule has 0 aliphatic carbocycles. The maximum atomic E-state index is 14.0. The van der Waals surface area contributed by atoms with Crippen molar-refractivity contribution in [3.05, 3.63) is 200 Å². The van der Waals surface area contributed by atoms with Gasteiger partial charge in [-0.05, 0) is 170 Å². The van der Waals surface area contributed by atoms with Gasteiger partial charge in [0.05, 0.1) is 5.56 Å². The lowest BCUT2D eigenvalue weighted by Gasteiger charge is -2.21. The van der Waals surface area contributed by atoms with E-state index in [0.717, 1.165) is 98.5 Å². The highest BCUT2D eigenvalue weighted by Crippen LogP contribution is 2.48. The third kappa shape index (κ3) is 6.77. The van der Waals surface area contributed by atoms with Gasteiger partial charge in [0.25, 0.3) is 0 Å². The molecule has 0 N–H and O–H groups in total. The number of alkyl halides is 6. The predicted molar refractivity (Wildman–Crippen MR) is 245 cm³/mol. The Hall–Kier alpha value is -7.64. The van der Waals surface area contributed by atoms with Gasteiger partial charge in [-0.3, -0.25) is 0 Å². The van der Waals surface area contributed by atoms with Crippen molar-refractivity contribution in [2.45, 2.75) is 12.5 Å². The second-order valence-electron chi connectivity index (χ2n) is 15.8. The topological polar surface area (TPSA) is 9.23 Å². The van der Waals surface area contributed by atoms with Gasteiger partial charge >= 0.3 is 12.5 Å². The lowest BCUT2D eigenvalue weighted by atomic mass is 9.82. The summed E-state index contributed by atoms with van der Waals surface area (Å²) in [4.78, 5) is 0. The highest BCUT2D eigenvalue weighted by atomic mass is 19.4. The minimum atomic E-state index is -4.84. The molecule has 7 heteroatoms. The van der Waals surface area contributed by atoms with Gasteiger partial charge in [-0.2, -0.15) is 13.2 Å². The van der Waals surface area contributed by atoms with Gasteiger partial charge in [-0.25, -0.2) is 0 Å². The Morgan fingerprint density at radius 1 is 0.302 bits per heavy atom. The molecular weight excluding hydrogens is 803 g/mol. The van der Waals surface area contributed by atoms with E-state index in [4.69, 9.17) is 0 Å². The van der Waals surface area contributed by atoms with E-state index in [9.17, 15) is 26.3 Å². The van der Waals surface area contributed by atoms with E-state index in [1.807, 2.05) is 66.7 Å². The van der Waals surface area contributed by atoms with Crippen molar-refractivity contribution in [2.75, 3.05) is 0 Å². The zero-order valence-electron chi connectivity index (χ0n) is 33.2. The van der Waals surface area contributed by atoms with E-state index in [1.165, 1.54) is 24.3 Å². The van der Waals surface area contributed by atoms with Crippen molar-refractivity contribution < 1.29 is 31.1 Å². The average Bonchev–Trinajstić information content (AvgIpc) is 3.29. The van der Waals surface area contributed by atoms with Crippen LogP contribution in [0.25, 0.3) is 109 Å². The Kier molecular flexibility index (Phi) is 8.81. The van der Waals surface area contributed by atoms with Crippen LogP contribution in [0, 0.1) is 0 Å². The van der Waals surface area contributed by atoms with E-state index in [2.05, 4.69) is 83.6 Å². The summed E-state index contributed by atoms with van der Waals surface area (Å²) >= 11 is 0. The summed E-state index contributed by atoms with van der Waals surface area (Å²) in [6.07, 6.45) is -9.34. The van der Waals surface area contributed by atoms with Crippen molar-refractivity contribution in [3.8, 4) is 50.3 Å². The fraction of sp³-hybridized carbons (Fsp3) is 0.0357. The third-order valence-electron chi connectivity index (χ3n) is 12.1. The Balaban J connectivity index is 1.30. The van der Waals surface area contributed by atoms with E-state index in [0.29, 0.717) is 16.7 Å². The van der Waals surface area contributed by atoms with Crippen molar-refractivity contribution in [2.24, 2.45) is 0 Å². The van der Waals surface area contributed by atoms with Crippen molar-refractivity contribution >= 4 is 64.6 Å². The Morgan fingerprint density at radius 3 is 1.48 bits per heavy atom. The second kappa shape index (κ2) is 14.5. The van der Waals surface area contributed by atoms with E-state index < -0.39 is 18.1 Å². The third-order valence-corrected chi connectivity index (χ3v) is 12.1. The first-order valence-corrected chi connectivity index (χ1v) is 20.4. The Morgan fingerprint density at radius 2 is 0.841 bits per heavy atom. The van der Waals surface area contributed by atoms with Crippen LogP contribution in [-0.4, -0.2) is 6.36 Å². The predicted octanol–water partition coefficient (Wildman–Crippen LogP) is 17.2. The van der Waals surface area contributed by atoms with Crippen LogP contribution >= 0.6 is 0 Å². The zero-order valence-corrected chi connectivity index (χ0v) is 33.2. The van der Waals surface area contributed by atoms with Gasteiger partial charge in [-0.15, -0.1) is 13.2 Å². The number of benzene rings is 11. The summed E-state index contributed by atoms with van der Waals surface area (Å²) in [7, 11) is 0. The molecule has 0 amide bonds. The van der Waals surface area contributed by atoms with Gasteiger partial charge in [-0.1, -0.05) is 133 Å². The normalized spacial score (nSPS) is 12.3. The van der Waals surface area contributed by atoms with Gasteiger partial charge < -0.3 is 4.74 Å². The number of hydrogen-bond donors (Lipinski definition) is 0. The summed E-state index contributed by atoms with van der Waals surface area (Å²) in [5, 5.41) is 11.9. The molecule has 11 aromatic carbocycles. The van der Waals surface area contributed by atoms with Gasteiger partial charge in [0, 0.05) is 0 Å². The van der Waals surface area contributed by atoms with Crippen LogP contribution in [0.3, 0.4) is 0 Å². The quantitative estimate of drug-likeness (QED) is 0.0953. The molecule has 0 heterocycles. The minimum Gasteiger partial charge on any atom is -0.406 e. The van der Waals surface area contributed by atoms with Gasteiger partial charge in [0.1, 0.15) is 5.75 Å². The van der Waals surface area contributed by atoms with Gasteiger partial charge in [0.2, 0.25) is 0 Å². The number of rotatable bonds is 5. The smallest absolute Gasteiger partial charge is 0.406 e. The molecule has 0 aliphatic heterocycles. The molecule has 0 spiro atoms. The molecule has 0 atom stereocenters. The molecule has 304 valence electrons. The van der Waals surface area contributed by atoms with Crippen LogP contribution in [0.5, 0.6) is 5.75 Å². The fourth-order valence-corrected chi connectivity index (χ4v) is 9.35. The van der Waals surface area contributed by atoms with E-state index in [1.54, 1.807) is 18.2 Å². The summed E-state index contributed by atoms with van der Waals surface area (Å²) in [6.45, 7) is 0. The van der Waals surface area contributed by atoms with E-state index in [-0.39, 0.29) is 5.75 Å². The van der Waals surface area contributed by atoms with Crippen LogP contribution in [0.4, 0.5) is 26.3 Å². The molecule has 0 radical (unpaired) electrons. The highest BCUT2D eigenvalue weighted by Gasteiger charge is 2.32. The lowest BCUT2D eigenvalue weighted by Crippen LogP contribution is -2.16. The molecule has 0 bridgehead atoms. The first-order valence-electron chi connectivity index (χ1n) is 20.4. The number of hydrogen-bond acceptors (Lipinski definition) is 1. The maximum absolute atomic E-state index is 14.0. The van der Waals surface area contributed by atoms with Crippen LogP contribution in [0.2, 0.25) is 0 Å². The monoisotopic (exact) mass is 834 g/mol. The summed E-state index contributed by atoms with van der Waals surface area (Å²) in [6, 6.07) is 60.8. The van der Waals surface area contributed by atoms with E-state index >= 15 is 0 Å². The lowest BCUT2D eigenvalue weighted by molar-refractivity contribution is -0.274. The highest BCUT2D eigenvalue weighted by molar-refractivity contribution is 6.25. The van der Waals surface area contributed by atoms with Crippen molar-refractivity contribution in [3.63, 3.8) is 0 Å². The van der Waals surface area contributed by atoms with Crippen LogP contribution in [-0.2, 0) is 6.18 Å². The minimum absolute atomic E-state index is 0.321. The molecule has 0 saturated heterocycles. The molecule has 63 heavy (non-hydrogen) atoms. The molecule has 0 saturated carbocycles. The summed E-state index contributed by atoms with van der Waals surface area (Å²) in [5.41, 5.74) is 5.55. The molecule has 0 fully saturated rings. The second-order valence-corrected chi connectivity index (χ2v) is 15.8. The molecule has 0 unspecified atom stereocenters. The molecule has 1 nitrogen and oxygen atoms in total. The molecule has 11 rings (SSSR count). The number of halogens is 6. The molecule has 11 aromatic rings. The fourth-order valence-electron chi connectivity index (χ4n) is 9.35. The molecule has 0 aliphatic rings. The zero-order chi connectivity index (χ0) is 43.0. The molecular formula is C56H32F6O. The number of fused-ring (bicyclic) bond motifs is 8. The first kappa shape index (κ1) is 38.3. The summed E-state index contributed by atoms with van der Waals surface area (Å²) in [5.74, 6) is -0.321. The number of ether oxygens (including phenoxy) is 1. The Labute approximate surface area is 357 Å². The standard InChI is InChI=1S/C56H32F6O/c57-55(58,59)40-13-9-12-34(27-40)35-22-25-44-39(26-35)32-51-50(49-28-36-10-1-3-14-42(36)45-16-5-7-18-47(45)49)30-38(33-20-23-41(24-21-33)63-56(60,61)62)31-53(51)54(44)52-29-37-11-2-4-15-43(37)46-17-6-8-19-48(46)52/h1-32H. The van der Waals surface area contributed by atoms with Crippen LogP contribution in [0.1, 0.15) is 5.56 Å². The van der Waals surface area contributed by atoms with Crippen LogP contribution in [0.15, 0.2) is 194 Å². The average molecular weight is 835 g/mol. The first-order chi connectivity index (χ1) is 30.5. The Bertz CT molecular complexity index is 3620. The van der Waals surface area contributed by atoms with Crippen molar-refractivity contribution in [1.82, 2.24) is 0 Å². The SMILES string of the molecule is FC(F)(F)Oc1ccc(-c2cc(-c3cc4ccccc4c4ccccc34)c3cc4cc(-c5cccc(C(F)(F)F)c5)ccc4c(-c4cc5ccccc5c5ccccc45)c3c2)cc1. The largest absolute Gasteiger partial charge is 0.573 e. The van der Waals surface area contributed by atoms with Crippen molar-refractivity contribution in [1.29, 1.82) is 0 Å².